The highest BCUT2D eigenvalue weighted by molar-refractivity contribution is 5.88. The zero-order chi connectivity index (χ0) is 12.0. The molecule has 0 fully saturated rings. The predicted octanol–water partition coefficient (Wildman–Crippen LogP) is 1.71. The van der Waals surface area contributed by atoms with E-state index in [1.807, 2.05) is 37.3 Å². The number of rotatable bonds is 5. The van der Waals surface area contributed by atoms with Crippen LogP contribution in [0.15, 0.2) is 30.3 Å². The molecule has 0 radical (unpaired) electrons. The number of hydrogen-bond donors (Lipinski definition) is 1. The van der Waals surface area contributed by atoms with Crippen molar-refractivity contribution in [2.45, 2.75) is 32.7 Å². The molecule has 0 spiro atoms. The van der Waals surface area contributed by atoms with Crippen LogP contribution in [0.5, 0.6) is 0 Å². The Bertz CT molecular complexity index is 359. The molecule has 0 saturated carbocycles. The van der Waals surface area contributed by atoms with Gasteiger partial charge < -0.3 is 5.32 Å². The Morgan fingerprint density at radius 3 is 2.38 bits per heavy atom. The average Bonchev–Trinajstić information content (AvgIpc) is 2.28. The van der Waals surface area contributed by atoms with Gasteiger partial charge in [-0.05, 0) is 12.0 Å². The number of Topliss-reactive ketones (excluding diaryl/α,β-unsaturated/α-hetero) is 1. The van der Waals surface area contributed by atoms with Gasteiger partial charge >= 0.3 is 0 Å². The summed E-state index contributed by atoms with van der Waals surface area (Å²) < 4.78 is 0. The van der Waals surface area contributed by atoms with Gasteiger partial charge in [0.1, 0.15) is 0 Å². The van der Waals surface area contributed by atoms with Crippen molar-refractivity contribution >= 4 is 11.7 Å². The first-order valence-corrected chi connectivity index (χ1v) is 5.47. The fourth-order valence-electron chi connectivity index (χ4n) is 1.59. The molecule has 0 bridgehead atoms. The van der Waals surface area contributed by atoms with Crippen LogP contribution in [0.1, 0.15) is 25.8 Å². The monoisotopic (exact) mass is 219 g/mol. The summed E-state index contributed by atoms with van der Waals surface area (Å²) in [5, 5.41) is 2.69. The minimum Gasteiger partial charge on any atom is -0.346 e. The van der Waals surface area contributed by atoms with Gasteiger partial charge in [0.2, 0.25) is 5.91 Å². The van der Waals surface area contributed by atoms with E-state index in [1.54, 1.807) is 0 Å². The van der Waals surface area contributed by atoms with Crippen LogP contribution in [0, 0.1) is 0 Å². The molecule has 0 aliphatic heterocycles. The first kappa shape index (κ1) is 12.4. The third-order valence-electron chi connectivity index (χ3n) is 2.40. The molecule has 0 unspecified atom stereocenters. The Labute approximate surface area is 95.9 Å². The fraction of sp³-hybridized carbons (Fsp3) is 0.385. The SMILES string of the molecule is CCC(=O)[C@@H](Cc1ccccc1)NC(C)=O. The van der Waals surface area contributed by atoms with E-state index in [0.29, 0.717) is 12.8 Å². The molecule has 0 saturated heterocycles. The number of carbonyl (C=O) groups excluding carboxylic acids is 2. The molecule has 86 valence electrons. The van der Waals surface area contributed by atoms with E-state index in [1.165, 1.54) is 6.92 Å². The number of ketones is 1. The summed E-state index contributed by atoms with van der Waals surface area (Å²) in [6.45, 7) is 3.24. The van der Waals surface area contributed by atoms with Crippen molar-refractivity contribution < 1.29 is 9.59 Å². The van der Waals surface area contributed by atoms with E-state index in [-0.39, 0.29) is 11.7 Å². The first-order valence-electron chi connectivity index (χ1n) is 5.47. The molecule has 1 aromatic carbocycles. The van der Waals surface area contributed by atoms with Crippen molar-refractivity contribution in [3.05, 3.63) is 35.9 Å². The molecule has 1 aromatic rings. The topological polar surface area (TPSA) is 46.2 Å². The molecule has 3 heteroatoms. The van der Waals surface area contributed by atoms with Crippen molar-refractivity contribution in [2.75, 3.05) is 0 Å². The highest BCUT2D eigenvalue weighted by atomic mass is 16.2. The summed E-state index contributed by atoms with van der Waals surface area (Å²) in [6, 6.07) is 9.30. The van der Waals surface area contributed by atoms with E-state index in [0.717, 1.165) is 5.56 Å². The maximum atomic E-state index is 11.6. The number of amides is 1. The van der Waals surface area contributed by atoms with Crippen LogP contribution in [0.4, 0.5) is 0 Å². The van der Waals surface area contributed by atoms with Gasteiger partial charge in [-0.3, -0.25) is 9.59 Å². The summed E-state index contributed by atoms with van der Waals surface area (Å²) in [7, 11) is 0. The smallest absolute Gasteiger partial charge is 0.217 e. The third kappa shape index (κ3) is 3.85. The molecule has 1 N–H and O–H groups in total. The Balaban J connectivity index is 2.70. The van der Waals surface area contributed by atoms with Gasteiger partial charge in [-0.15, -0.1) is 0 Å². The normalized spacial score (nSPS) is 11.9. The van der Waals surface area contributed by atoms with Crippen LogP contribution >= 0.6 is 0 Å². The van der Waals surface area contributed by atoms with E-state index in [2.05, 4.69) is 5.32 Å². The van der Waals surface area contributed by atoms with E-state index < -0.39 is 6.04 Å². The molecule has 3 nitrogen and oxygen atoms in total. The van der Waals surface area contributed by atoms with Crippen LogP contribution < -0.4 is 5.32 Å². The summed E-state index contributed by atoms with van der Waals surface area (Å²) in [5.41, 5.74) is 1.06. The molecule has 1 atom stereocenters. The molecule has 0 aliphatic carbocycles. The van der Waals surface area contributed by atoms with Crippen LogP contribution in [-0.2, 0) is 16.0 Å². The summed E-state index contributed by atoms with van der Waals surface area (Å²) >= 11 is 0. The Morgan fingerprint density at radius 1 is 1.25 bits per heavy atom. The molecule has 1 amide bonds. The van der Waals surface area contributed by atoms with Crippen molar-refractivity contribution in [3.63, 3.8) is 0 Å². The lowest BCUT2D eigenvalue weighted by Crippen LogP contribution is -2.41. The van der Waals surface area contributed by atoms with E-state index in [9.17, 15) is 9.59 Å². The Kier molecular flexibility index (Phi) is 4.70. The molecule has 0 heterocycles. The number of benzene rings is 1. The van der Waals surface area contributed by atoms with Gasteiger partial charge in [0, 0.05) is 13.3 Å². The van der Waals surface area contributed by atoms with E-state index in [4.69, 9.17) is 0 Å². The maximum absolute atomic E-state index is 11.6. The Morgan fingerprint density at radius 2 is 1.88 bits per heavy atom. The molecule has 0 aliphatic rings. The summed E-state index contributed by atoms with van der Waals surface area (Å²) in [4.78, 5) is 22.6. The second-order valence-electron chi connectivity index (χ2n) is 3.76. The van der Waals surface area contributed by atoms with Gasteiger partial charge in [-0.1, -0.05) is 37.3 Å². The fourth-order valence-corrected chi connectivity index (χ4v) is 1.59. The molecular weight excluding hydrogens is 202 g/mol. The van der Waals surface area contributed by atoms with Gasteiger partial charge in [-0.25, -0.2) is 0 Å². The maximum Gasteiger partial charge on any atom is 0.217 e. The lowest BCUT2D eigenvalue weighted by molar-refractivity contribution is -0.126. The van der Waals surface area contributed by atoms with Gasteiger partial charge in [0.25, 0.3) is 0 Å². The number of nitrogens with one attached hydrogen (secondary N) is 1. The van der Waals surface area contributed by atoms with Crippen molar-refractivity contribution in [1.29, 1.82) is 0 Å². The Hall–Kier alpha value is -1.64. The second kappa shape index (κ2) is 6.05. The average molecular weight is 219 g/mol. The summed E-state index contributed by atoms with van der Waals surface area (Å²) in [5.74, 6) is -0.0956. The lowest BCUT2D eigenvalue weighted by atomic mass is 10.0. The van der Waals surface area contributed by atoms with Gasteiger partial charge in [0.05, 0.1) is 6.04 Å². The molecule has 1 rings (SSSR count). The summed E-state index contributed by atoms with van der Waals surface area (Å²) in [6.07, 6.45) is 1.00. The van der Waals surface area contributed by atoms with Gasteiger partial charge in [-0.2, -0.15) is 0 Å². The number of hydrogen-bond acceptors (Lipinski definition) is 2. The largest absolute Gasteiger partial charge is 0.346 e. The highest BCUT2D eigenvalue weighted by Crippen LogP contribution is 2.05. The second-order valence-corrected chi connectivity index (χ2v) is 3.76. The van der Waals surface area contributed by atoms with Gasteiger partial charge in [0.15, 0.2) is 5.78 Å². The zero-order valence-corrected chi connectivity index (χ0v) is 9.69. The van der Waals surface area contributed by atoms with Crippen molar-refractivity contribution in [1.82, 2.24) is 5.32 Å². The predicted molar refractivity (Wildman–Crippen MR) is 63.0 cm³/mol. The standard InChI is InChI=1S/C13H17NO2/c1-3-13(16)12(14-10(2)15)9-11-7-5-4-6-8-11/h4-8,12H,3,9H2,1-2H3,(H,14,15)/t12-/m1/s1. The quantitative estimate of drug-likeness (QED) is 0.819. The first-order chi connectivity index (χ1) is 7.63. The van der Waals surface area contributed by atoms with Crippen LogP contribution in [0.3, 0.4) is 0 Å². The molecular formula is C13H17NO2. The minimum atomic E-state index is -0.398. The van der Waals surface area contributed by atoms with E-state index >= 15 is 0 Å². The number of carbonyl (C=O) groups is 2. The van der Waals surface area contributed by atoms with Crippen LogP contribution in [-0.4, -0.2) is 17.7 Å². The van der Waals surface area contributed by atoms with Crippen LogP contribution in [0.25, 0.3) is 0 Å². The molecule has 16 heavy (non-hydrogen) atoms. The lowest BCUT2D eigenvalue weighted by Gasteiger charge is -2.15. The third-order valence-corrected chi connectivity index (χ3v) is 2.40. The van der Waals surface area contributed by atoms with Crippen LogP contribution in [0.2, 0.25) is 0 Å². The molecule has 0 aromatic heterocycles. The highest BCUT2D eigenvalue weighted by Gasteiger charge is 2.17. The zero-order valence-electron chi connectivity index (χ0n) is 9.69. The van der Waals surface area contributed by atoms with Crippen molar-refractivity contribution in [3.8, 4) is 0 Å². The van der Waals surface area contributed by atoms with Crippen molar-refractivity contribution in [2.24, 2.45) is 0 Å². The minimum absolute atomic E-state index is 0.0686.